The fourth-order valence-electron chi connectivity index (χ4n) is 1.37. The van der Waals surface area contributed by atoms with Gasteiger partial charge in [0.25, 0.3) is 0 Å². The zero-order chi connectivity index (χ0) is 11.5. The van der Waals surface area contributed by atoms with Crippen molar-refractivity contribution in [3.05, 3.63) is 38.1 Å². The molecule has 0 bridgehead atoms. The Morgan fingerprint density at radius 2 is 2.25 bits per heavy atom. The van der Waals surface area contributed by atoms with Crippen LogP contribution < -0.4 is 5.73 Å². The maximum Gasteiger partial charge on any atom is 0.0945 e. The zero-order valence-corrected chi connectivity index (χ0v) is 11.6. The van der Waals surface area contributed by atoms with Crippen molar-refractivity contribution in [1.82, 2.24) is 4.98 Å². The Morgan fingerprint density at radius 1 is 1.44 bits per heavy atom. The largest absolute Gasteiger partial charge is 0.330 e. The number of halogens is 2. The standard InChI is InChI=1S/C11H10BrClN2S/c12-7-1-2-8(9(13)5-7)10-6-16-11(15-10)3-4-14/h1-2,5-6H,3-4,14H2. The number of thiazole rings is 1. The van der Waals surface area contributed by atoms with Gasteiger partial charge in [0.05, 0.1) is 15.7 Å². The van der Waals surface area contributed by atoms with E-state index in [4.69, 9.17) is 17.3 Å². The van der Waals surface area contributed by atoms with Crippen LogP contribution in [0.25, 0.3) is 11.3 Å². The highest BCUT2D eigenvalue weighted by Gasteiger charge is 2.08. The number of hydrogen-bond acceptors (Lipinski definition) is 3. The lowest BCUT2D eigenvalue weighted by Gasteiger charge is -2.00. The van der Waals surface area contributed by atoms with E-state index in [1.807, 2.05) is 23.6 Å². The normalized spacial score (nSPS) is 10.7. The van der Waals surface area contributed by atoms with Gasteiger partial charge in [-0.25, -0.2) is 4.98 Å². The van der Waals surface area contributed by atoms with Crippen molar-refractivity contribution in [2.24, 2.45) is 5.73 Å². The molecule has 0 aliphatic heterocycles. The first-order valence-corrected chi connectivity index (χ1v) is 6.85. The molecule has 1 heterocycles. The zero-order valence-electron chi connectivity index (χ0n) is 8.41. The van der Waals surface area contributed by atoms with Crippen LogP contribution in [-0.4, -0.2) is 11.5 Å². The van der Waals surface area contributed by atoms with Gasteiger partial charge in [-0.1, -0.05) is 33.6 Å². The number of hydrogen-bond donors (Lipinski definition) is 1. The second-order valence-corrected chi connectivity index (χ2v) is 5.55. The van der Waals surface area contributed by atoms with Crippen molar-refractivity contribution in [3.63, 3.8) is 0 Å². The molecule has 1 aromatic carbocycles. The van der Waals surface area contributed by atoms with E-state index in [9.17, 15) is 0 Å². The number of nitrogens with two attached hydrogens (primary N) is 1. The molecule has 1 aromatic heterocycles. The van der Waals surface area contributed by atoms with Crippen LogP contribution >= 0.6 is 38.9 Å². The molecule has 0 unspecified atom stereocenters. The fourth-order valence-corrected chi connectivity index (χ4v) is 2.95. The van der Waals surface area contributed by atoms with E-state index < -0.39 is 0 Å². The lowest BCUT2D eigenvalue weighted by Crippen LogP contribution is -2.01. The molecule has 0 saturated carbocycles. The van der Waals surface area contributed by atoms with Crippen molar-refractivity contribution in [1.29, 1.82) is 0 Å². The minimum atomic E-state index is 0.626. The monoisotopic (exact) mass is 316 g/mol. The van der Waals surface area contributed by atoms with Crippen molar-refractivity contribution in [2.45, 2.75) is 6.42 Å². The van der Waals surface area contributed by atoms with Crippen LogP contribution in [0.1, 0.15) is 5.01 Å². The fraction of sp³-hybridized carbons (Fsp3) is 0.182. The van der Waals surface area contributed by atoms with Gasteiger partial charge in [0.2, 0.25) is 0 Å². The molecule has 0 radical (unpaired) electrons. The molecular weight excluding hydrogens is 308 g/mol. The summed E-state index contributed by atoms with van der Waals surface area (Å²) in [4.78, 5) is 4.50. The van der Waals surface area contributed by atoms with E-state index in [0.717, 1.165) is 27.2 Å². The predicted octanol–water partition coefficient (Wildman–Crippen LogP) is 3.73. The summed E-state index contributed by atoms with van der Waals surface area (Å²) in [6.07, 6.45) is 0.818. The Bertz CT molecular complexity index is 498. The molecule has 0 fully saturated rings. The maximum absolute atomic E-state index is 6.16. The minimum absolute atomic E-state index is 0.626. The lowest BCUT2D eigenvalue weighted by molar-refractivity contribution is 0.954. The Morgan fingerprint density at radius 3 is 2.94 bits per heavy atom. The van der Waals surface area contributed by atoms with Crippen LogP contribution in [-0.2, 0) is 6.42 Å². The van der Waals surface area contributed by atoms with Gasteiger partial charge in [-0.05, 0) is 18.7 Å². The van der Waals surface area contributed by atoms with E-state index >= 15 is 0 Å². The van der Waals surface area contributed by atoms with E-state index in [2.05, 4.69) is 20.9 Å². The van der Waals surface area contributed by atoms with Gasteiger partial charge in [-0.15, -0.1) is 11.3 Å². The SMILES string of the molecule is NCCc1nc(-c2ccc(Br)cc2Cl)cs1. The number of nitrogens with zero attached hydrogens (tertiary/aromatic N) is 1. The summed E-state index contributed by atoms with van der Waals surface area (Å²) in [5, 5.41) is 3.77. The highest BCUT2D eigenvalue weighted by Crippen LogP contribution is 2.31. The molecule has 5 heteroatoms. The molecule has 0 atom stereocenters. The third-order valence-electron chi connectivity index (χ3n) is 2.12. The van der Waals surface area contributed by atoms with Crippen molar-refractivity contribution in [3.8, 4) is 11.3 Å². The van der Waals surface area contributed by atoms with E-state index in [-0.39, 0.29) is 0 Å². The van der Waals surface area contributed by atoms with Gasteiger partial charge < -0.3 is 5.73 Å². The summed E-state index contributed by atoms with van der Waals surface area (Å²) in [6, 6.07) is 5.80. The Kier molecular flexibility index (Phi) is 3.97. The predicted molar refractivity (Wildman–Crippen MR) is 73.0 cm³/mol. The summed E-state index contributed by atoms with van der Waals surface area (Å²) in [6.45, 7) is 0.626. The van der Waals surface area contributed by atoms with E-state index in [1.54, 1.807) is 11.3 Å². The average molecular weight is 318 g/mol. The molecule has 0 amide bonds. The lowest BCUT2D eigenvalue weighted by atomic mass is 10.2. The van der Waals surface area contributed by atoms with Crippen LogP contribution in [0.5, 0.6) is 0 Å². The molecule has 0 aliphatic rings. The first-order valence-electron chi connectivity index (χ1n) is 4.80. The maximum atomic E-state index is 6.16. The van der Waals surface area contributed by atoms with Gasteiger partial charge in [0.1, 0.15) is 0 Å². The smallest absolute Gasteiger partial charge is 0.0945 e. The first kappa shape index (κ1) is 12.0. The van der Waals surface area contributed by atoms with E-state index in [1.165, 1.54) is 0 Å². The first-order chi connectivity index (χ1) is 7.70. The summed E-state index contributed by atoms with van der Waals surface area (Å²) in [5.41, 5.74) is 7.38. The van der Waals surface area contributed by atoms with Crippen molar-refractivity contribution in [2.75, 3.05) is 6.54 Å². The van der Waals surface area contributed by atoms with Gasteiger partial charge >= 0.3 is 0 Å². The topological polar surface area (TPSA) is 38.9 Å². The Labute approximate surface area is 112 Å². The van der Waals surface area contributed by atoms with Crippen LogP contribution in [0.15, 0.2) is 28.1 Å². The second kappa shape index (κ2) is 5.27. The van der Waals surface area contributed by atoms with Gasteiger partial charge in [-0.2, -0.15) is 0 Å². The van der Waals surface area contributed by atoms with Crippen LogP contribution in [0, 0.1) is 0 Å². The summed E-state index contributed by atoms with van der Waals surface area (Å²) in [7, 11) is 0. The number of rotatable bonds is 3. The molecule has 0 saturated heterocycles. The highest BCUT2D eigenvalue weighted by molar-refractivity contribution is 9.10. The molecule has 2 nitrogen and oxygen atoms in total. The summed E-state index contributed by atoms with van der Waals surface area (Å²) in [5.74, 6) is 0. The average Bonchev–Trinajstić information content (AvgIpc) is 2.67. The second-order valence-electron chi connectivity index (χ2n) is 3.29. The third-order valence-corrected chi connectivity index (χ3v) is 3.83. The molecule has 2 N–H and O–H groups in total. The van der Waals surface area contributed by atoms with Crippen molar-refractivity contribution < 1.29 is 0 Å². The quantitative estimate of drug-likeness (QED) is 0.937. The van der Waals surface area contributed by atoms with E-state index in [0.29, 0.717) is 11.6 Å². The van der Waals surface area contributed by atoms with Gasteiger partial charge in [-0.3, -0.25) is 0 Å². The van der Waals surface area contributed by atoms with Gasteiger partial charge in [0, 0.05) is 21.8 Å². The van der Waals surface area contributed by atoms with Crippen molar-refractivity contribution >= 4 is 38.9 Å². The molecule has 16 heavy (non-hydrogen) atoms. The minimum Gasteiger partial charge on any atom is -0.330 e. The molecule has 2 aromatic rings. The Hall–Kier alpha value is -0.420. The van der Waals surface area contributed by atoms with Gasteiger partial charge in [0.15, 0.2) is 0 Å². The molecule has 0 aliphatic carbocycles. The van der Waals surface area contributed by atoms with Crippen LogP contribution in [0.4, 0.5) is 0 Å². The summed E-state index contributed by atoms with van der Waals surface area (Å²) < 4.78 is 0.971. The number of benzene rings is 1. The molecule has 2 rings (SSSR count). The third kappa shape index (κ3) is 2.63. The Balaban J connectivity index is 2.35. The van der Waals surface area contributed by atoms with Crippen LogP contribution in [0.3, 0.4) is 0 Å². The summed E-state index contributed by atoms with van der Waals surface area (Å²) >= 11 is 11.2. The van der Waals surface area contributed by atoms with Crippen LogP contribution in [0.2, 0.25) is 5.02 Å². The molecule has 0 spiro atoms. The highest BCUT2D eigenvalue weighted by atomic mass is 79.9. The molecule has 84 valence electrons. The molecular formula is C11H10BrClN2S. The number of aromatic nitrogens is 1.